The van der Waals surface area contributed by atoms with Crippen molar-refractivity contribution in [2.45, 2.75) is 4.90 Å². The fourth-order valence-electron chi connectivity index (χ4n) is 1.41. The number of primary sulfonamides is 1. The molecule has 0 saturated carbocycles. The standard InChI is InChI=1S/C9H11FN2O7S2/c1-19-8-5-9(7(12(13)14)4-6(8)10)20(15,16)2-3-21(11,17)18/h4-5H,2-3H2,1H3,(H2,11,17,18). The van der Waals surface area contributed by atoms with E-state index in [9.17, 15) is 31.3 Å². The van der Waals surface area contributed by atoms with E-state index in [0.29, 0.717) is 12.1 Å². The summed E-state index contributed by atoms with van der Waals surface area (Å²) >= 11 is 0. The number of nitrogens with two attached hydrogens (primary N) is 1. The second kappa shape index (κ2) is 5.91. The Morgan fingerprint density at radius 3 is 2.29 bits per heavy atom. The van der Waals surface area contributed by atoms with Crippen LogP contribution in [-0.4, -0.2) is 40.4 Å². The summed E-state index contributed by atoms with van der Waals surface area (Å²) in [5, 5.41) is 15.5. The van der Waals surface area contributed by atoms with E-state index in [2.05, 4.69) is 9.88 Å². The molecular formula is C9H11FN2O7S2. The first-order chi connectivity index (χ1) is 9.48. The van der Waals surface area contributed by atoms with Crippen molar-refractivity contribution in [2.24, 2.45) is 5.14 Å². The summed E-state index contributed by atoms with van der Waals surface area (Å²) in [5.74, 6) is -3.53. The van der Waals surface area contributed by atoms with Crippen LogP contribution in [0.3, 0.4) is 0 Å². The van der Waals surface area contributed by atoms with E-state index in [1.807, 2.05) is 0 Å². The van der Waals surface area contributed by atoms with Gasteiger partial charge in [-0.25, -0.2) is 26.4 Å². The second-order valence-electron chi connectivity index (χ2n) is 3.90. The summed E-state index contributed by atoms with van der Waals surface area (Å²) in [7, 11) is -7.40. The molecule has 21 heavy (non-hydrogen) atoms. The summed E-state index contributed by atoms with van der Waals surface area (Å²) < 4.78 is 63.5. The van der Waals surface area contributed by atoms with Gasteiger partial charge in [0.2, 0.25) is 10.0 Å². The molecule has 0 atom stereocenters. The van der Waals surface area contributed by atoms with Gasteiger partial charge in [-0.2, -0.15) is 0 Å². The maximum absolute atomic E-state index is 13.4. The molecule has 0 bridgehead atoms. The van der Waals surface area contributed by atoms with Crippen LogP contribution in [0, 0.1) is 15.9 Å². The van der Waals surface area contributed by atoms with E-state index >= 15 is 0 Å². The topological polar surface area (TPSA) is 147 Å². The number of hydrogen-bond acceptors (Lipinski definition) is 7. The summed E-state index contributed by atoms with van der Waals surface area (Å²) in [5.41, 5.74) is -1.01. The Kier molecular flexibility index (Phi) is 4.86. The first kappa shape index (κ1) is 17.3. The number of nitro benzene ring substituents is 1. The molecule has 2 N–H and O–H groups in total. The fraction of sp³-hybridized carbons (Fsp3) is 0.333. The molecule has 1 aromatic carbocycles. The minimum Gasteiger partial charge on any atom is -0.494 e. The quantitative estimate of drug-likeness (QED) is 0.428. The third kappa shape index (κ3) is 4.34. The van der Waals surface area contributed by atoms with Gasteiger partial charge in [0.05, 0.1) is 29.6 Å². The first-order valence-corrected chi connectivity index (χ1v) is 8.60. The van der Waals surface area contributed by atoms with Crippen LogP contribution in [-0.2, 0) is 19.9 Å². The van der Waals surface area contributed by atoms with E-state index in [0.717, 1.165) is 7.11 Å². The zero-order chi connectivity index (χ0) is 16.4. The van der Waals surface area contributed by atoms with Crippen molar-refractivity contribution in [3.8, 4) is 5.75 Å². The first-order valence-electron chi connectivity index (χ1n) is 5.23. The van der Waals surface area contributed by atoms with Crippen LogP contribution < -0.4 is 9.88 Å². The number of methoxy groups -OCH3 is 1. The van der Waals surface area contributed by atoms with Crippen molar-refractivity contribution in [1.29, 1.82) is 0 Å². The van der Waals surface area contributed by atoms with Gasteiger partial charge in [-0.3, -0.25) is 10.1 Å². The van der Waals surface area contributed by atoms with Crippen LogP contribution in [0.1, 0.15) is 0 Å². The van der Waals surface area contributed by atoms with Crippen molar-refractivity contribution in [3.63, 3.8) is 0 Å². The number of benzene rings is 1. The van der Waals surface area contributed by atoms with Crippen LogP contribution in [0.25, 0.3) is 0 Å². The number of hydrogen-bond donors (Lipinski definition) is 1. The van der Waals surface area contributed by atoms with Crippen molar-refractivity contribution >= 4 is 25.5 Å². The Morgan fingerprint density at radius 1 is 1.29 bits per heavy atom. The maximum atomic E-state index is 13.4. The van der Waals surface area contributed by atoms with Crippen molar-refractivity contribution < 1.29 is 30.9 Å². The van der Waals surface area contributed by atoms with Crippen molar-refractivity contribution in [3.05, 3.63) is 28.1 Å². The molecule has 1 aromatic rings. The molecule has 0 heterocycles. The van der Waals surface area contributed by atoms with Gasteiger partial charge in [-0.15, -0.1) is 0 Å². The van der Waals surface area contributed by atoms with Crippen LogP contribution in [0.2, 0.25) is 0 Å². The lowest BCUT2D eigenvalue weighted by Crippen LogP contribution is -2.23. The molecule has 0 amide bonds. The minimum absolute atomic E-state index is 0.392. The summed E-state index contributed by atoms with van der Waals surface area (Å²) in [6.45, 7) is 0. The molecule has 0 spiro atoms. The van der Waals surface area contributed by atoms with Crippen LogP contribution in [0.5, 0.6) is 5.75 Å². The highest BCUT2D eigenvalue weighted by molar-refractivity contribution is 7.94. The SMILES string of the molecule is COc1cc(S(=O)(=O)CCS(N)(=O)=O)c([N+](=O)[O-])cc1F. The molecular weight excluding hydrogens is 331 g/mol. The minimum atomic E-state index is -4.37. The van der Waals surface area contributed by atoms with Gasteiger partial charge in [0.25, 0.3) is 5.69 Å². The maximum Gasteiger partial charge on any atom is 0.291 e. The number of halogens is 1. The molecule has 1 rings (SSSR count). The Bertz CT molecular complexity index is 774. The van der Waals surface area contributed by atoms with Crippen molar-refractivity contribution in [2.75, 3.05) is 18.6 Å². The Labute approximate surface area is 119 Å². The molecule has 0 aliphatic carbocycles. The highest BCUT2D eigenvalue weighted by Crippen LogP contribution is 2.31. The highest BCUT2D eigenvalue weighted by atomic mass is 32.2. The van der Waals surface area contributed by atoms with Gasteiger partial charge in [-0.1, -0.05) is 0 Å². The monoisotopic (exact) mass is 342 g/mol. The van der Waals surface area contributed by atoms with Gasteiger partial charge >= 0.3 is 0 Å². The van der Waals surface area contributed by atoms with Gasteiger partial charge < -0.3 is 4.74 Å². The number of nitro groups is 1. The highest BCUT2D eigenvalue weighted by Gasteiger charge is 2.29. The number of nitrogens with zero attached hydrogens (tertiary/aromatic N) is 1. The van der Waals surface area contributed by atoms with Gasteiger partial charge in [-0.05, 0) is 0 Å². The third-order valence-electron chi connectivity index (χ3n) is 2.40. The molecule has 0 fully saturated rings. The Morgan fingerprint density at radius 2 is 1.86 bits per heavy atom. The molecule has 118 valence electrons. The van der Waals surface area contributed by atoms with Gasteiger partial charge in [0, 0.05) is 6.07 Å². The molecule has 0 saturated heterocycles. The molecule has 0 aliphatic heterocycles. The van der Waals surface area contributed by atoms with E-state index in [4.69, 9.17) is 0 Å². The van der Waals surface area contributed by atoms with Crippen LogP contribution in [0.15, 0.2) is 17.0 Å². The number of sulfonamides is 1. The fourth-order valence-corrected chi connectivity index (χ4v) is 4.17. The predicted molar refractivity (Wildman–Crippen MR) is 69.6 cm³/mol. The summed E-state index contributed by atoms with van der Waals surface area (Å²) in [4.78, 5) is 8.88. The lowest BCUT2D eigenvalue weighted by Gasteiger charge is -2.08. The van der Waals surface area contributed by atoms with Crippen LogP contribution in [0.4, 0.5) is 10.1 Å². The van der Waals surface area contributed by atoms with Gasteiger partial charge in [0.15, 0.2) is 21.4 Å². The lowest BCUT2D eigenvalue weighted by molar-refractivity contribution is -0.388. The summed E-state index contributed by atoms with van der Waals surface area (Å²) in [6.07, 6.45) is 0. The lowest BCUT2D eigenvalue weighted by atomic mass is 10.3. The largest absolute Gasteiger partial charge is 0.494 e. The van der Waals surface area contributed by atoms with Gasteiger partial charge in [0.1, 0.15) is 4.90 Å². The van der Waals surface area contributed by atoms with Crippen LogP contribution >= 0.6 is 0 Å². The predicted octanol–water partition coefficient (Wildman–Crippen LogP) is -0.195. The number of sulfone groups is 1. The third-order valence-corrected chi connectivity index (χ3v) is 5.17. The van der Waals surface area contributed by atoms with E-state index in [1.165, 1.54) is 0 Å². The molecule has 0 unspecified atom stereocenters. The summed E-state index contributed by atoms with van der Waals surface area (Å²) in [6, 6.07) is 1.02. The van der Waals surface area contributed by atoms with Crippen molar-refractivity contribution in [1.82, 2.24) is 0 Å². The number of ether oxygens (including phenoxy) is 1. The molecule has 0 aromatic heterocycles. The second-order valence-corrected chi connectivity index (χ2v) is 7.71. The average molecular weight is 342 g/mol. The number of rotatable bonds is 6. The zero-order valence-corrected chi connectivity index (χ0v) is 12.3. The average Bonchev–Trinajstić information content (AvgIpc) is 2.35. The zero-order valence-electron chi connectivity index (χ0n) is 10.6. The smallest absolute Gasteiger partial charge is 0.291 e. The van der Waals surface area contributed by atoms with E-state index in [-0.39, 0.29) is 0 Å². The van der Waals surface area contributed by atoms with E-state index < -0.39 is 58.4 Å². The molecule has 12 heteroatoms. The molecule has 0 radical (unpaired) electrons. The Balaban J connectivity index is 3.42. The normalized spacial score (nSPS) is 12.1. The Hall–Kier alpha value is -1.79. The molecule has 0 aliphatic rings. The van der Waals surface area contributed by atoms with E-state index in [1.54, 1.807) is 0 Å². The molecule has 9 nitrogen and oxygen atoms in total.